The minimum absolute atomic E-state index is 0.186. The number of nitrogens with one attached hydrogen (secondary N) is 1. The molecule has 0 saturated carbocycles. The third-order valence-corrected chi connectivity index (χ3v) is 4.20. The largest absolute Gasteiger partial charge is 0.486 e. The molecule has 1 aromatic carbocycles. The van der Waals surface area contributed by atoms with Crippen molar-refractivity contribution in [2.45, 2.75) is 38.7 Å². The number of rotatable bonds is 7. The van der Waals surface area contributed by atoms with E-state index in [2.05, 4.69) is 11.4 Å². The molecule has 5 heteroatoms. The predicted octanol–water partition coefficient (Wildman–Crippen LogP) is 4.62. The summed E-state index contributed by atoms with van der Waals surface area (Å²) in [5, 5.41) is 2.88. The quantitative estimate of drug-likeness (QED) is 0.747. The van der Waals surface area contributed by atoms with E-state index in [4.69, 9.17) is 9.15 Å². The van der Waals surface area contributed by atoms with Crippen molar-refractivity contribution >= 4 is 5.91 Å². The van der Waals surface area contributed by atoms with Crippen LogP contribution in [0.15, 0.2) is 52.5 Å². The summed E-state index contributed by atoms with van der Waals surface area (Å²) in [6.45, 7) is 0.804. The van der Waals surface area contributed by atoms with Crippen molar-refractivity contribution in [1.82, 2.24) is 5.32 Å². The first kappa shape index (κ1) is 17.3. The fraction of sp³-hybridized carbons (Fsp3) is 0.350. The standard InChI is InChI=1S/C20H22FNO3/c21-16-6-8-17(9-7-16)24-14-18-10-11-19(25-18)20(23)22-13-12-15-4-2-1-3-5-15/h4,6-11H,1-3,5,12-14H2,(H,22,23). The number of benzene rings is 1. The van der Waals surface area contributed by atoms with Crippen LogP contribution in [0.5, 0.6) is 5.75 Å². The zero-order chi connectivity index (χ0) is 17.5. The van der Waals surface area contributed by atoms with Crippen molar-refractivity contribution in [1.29, 1.82) is 0 Å². The van der Waals surface area contributed by atoms with Crippen molar-refractivity contribution in [3.8, 4) is 5.75 Å². The lowest BCUT2D eigenvalue weighted by atomic mass is 9.97. The Labute approximate surface area is 146 Å². The Bertz CT molecular complexity index is 734. The number of allylic oxidation sites excluding steroid dienone is 1. The van der Waals surface area contributed by atoms with Crippen LogP contribution in [-0.2, 0) is 6.61 Å². The van der Waals surface area contributed by atoms with Crippen LogP contribution in [0, 0.1) is 5.82 Å². The third-order valence-electron chi connectivity index (χ3n) is 4.20. The summed E-state index contributed by atoms with van der Waals surface area (Å²) in [7, 11) is 0. The molecule has 0 aliphatic heterocycles. The second kappa shape index (κ2) is 8.51. The van der Waals surface area contributed by atoms with Crippen LogP contribution in [0.3, 0.4) is 0 Å². The van der Waals surface area contributed by atoms with E-state index in [1.54, 1.807) is 24.3 Å². The Morgan fingerprint density at radius 1 is 1.16 bits per heavy atom. The van der Waals surface area contributed by atoms with E-state index < -0.39 is 0 Å². The van der Waals surface area contributed by atoms with E-state index >= 15 is 0 Å². The van der Waals surface area contributed by atoms with E-state index in [0.29, 0.717) is 18.1 Å². The molecule has 0 bridgehead atoms. The molecule has 2 aromatic rings. The number of carbonyl (C=O) groups excluding carboxylic acids is 1. The Morgan fingerprint density at radius 3 is 2.76 bits per heavy atom. The lowest BCUT2D eigenvalue weighted by Crippen LogP contribution is -2.24. The zero-order valence-electron chi connectivity index (χ0n) is 14.1. The van der Waals surface area contributed by atoms with Crippen LogP contribution in [0.2, 0.25) is 0 Å². The van der Waals surface area contributed by atoms with Crippen LogP contribution in [-0.4, -0.2) is 12.5 Å². The molecule has 132 valence electrons. The molecule has 1 aromatic heterocycles. The van der Waals surface area contributed by atoms with Crippen LogP contribution in [0.25, 0.3) is 0 Å². The molecule has 1 N–H and O–H groups in total. The number of carbonyl (C=O) groups is 1. The van der Waals surface area contributed by atoms with E-state index in [1.165, 1.54) is 30.5 Å². The number of furan rings is 1. The van der Waals surface area contributed by atoms with Gasteiger partial charge in [-0.25, -0.2) is 4.39 Å². The highest BCUT2D eigenvalue weighted by Gasteiger charge is 2.12. The second-order valence-corrected chi connectivity index (χ2v) is 6.12. The highest BCUT2D eigenvalue weighted by atomic mass is 19.1. The third kappa shape index (κ3) is 5.21. The van der Waals surface area contributed by atoms with Gasteiger partial charge in [0.15, 0.2) is 5.76 Å². The number of ether oxygens (including phenoxy) is 1. The van der Waals surface area contributed by atoms with Crippen molar-refractivity contribution in [3.05, 3.63) is 65.4 Å². The first-order chi connectivity index (χ1) is 12.2. The summed E-state index contributed by atoms with van der Waals surface area (Å²) in [5.74, 6) is 0.835. The molecule has 1 amide bonds. The molecule has 0 unspecified atom stereocenters. The molecule has 0 atom stereocenters. The molecule has 25 heavy (non-hydrogen) atoms. The minimum Gasteiger partial charge on any atom is -0.486 e. The number of amides is 1. The van der Waals surface area contributed by atoms with Gasteiger partial charge in [-0.3, -0.25) is 4.79 Å². The van der Waals surface area contributed by atoms with Gasteiger partial charge < -0.3 is 14.5 Å². The van der Waals surface area contributed by atoms with Gasteiger partial charge in [-0.1, -0.05) is 11.6 Å². The Kier molecular flexibility index (Phi) is 5.88. The summed E-state index contributed by atoms with van der Waals surface area (Å²) in [6, 6.07) is 9.11. The van der Waals surface area contributed by atoms with Crippen molar-refractivity contribution in [2.24, 2.45) is 0 Å². The lowest BCUT2D eigenvalue weighted by Gasteiger charge is -2.12. The van der Waals surface area contributed by atoms with Gasteiger partial charge in [0, 0.05) is 6.54 Å². The monoisotopic (exact) mass is 343 g/mol. The molecular formula is C20H22FNO3. The maximum Gasteiger partial charge on any atom is 0.287 e. The van der Waals surface area contributed by atoms with Crippen LogP contribution < -0.4 is 10.1 Å². The molecule has 0 spiro atoms. The Morgan fingerprint density at radius 2 is 2.00 bits per heavy atom. The fourth-order valence-electron chi connectivity index (χ4n) is 2.82. The molecule has 4 nitrogen and oxygen atoms in total. The SMILES string of the molecule is O=C(NCCC1=CCCCC1)c1ccc(COc2ccc(F)cc2)o1. The van der Waals surface area contributed by atoms with Crippen LogP contribution in [0.4, 0.5) is 4.39 Å². The van der Waals surface area contributed by atoms with E-state index in [0.717, 1.165) is 19.3 Å². The van der Waals surface area contributed by atoms with Gasteiger partial charge in [-0.15, -0.1) is 0 Å². The number of halogens is 1. The van der Waals surface area contributed by atoms with E-state index in [9.17, 15) is 9.18 Å². The molecule has 0 fully saturated rings. The first-order valence-electron chi connectivity index (χ1n) is 8.64. The Balaban J connectivity index is 1.44. The number of hydrogen-bond acceptors (Lipinski definition) is 3. The van der Waals surface area contributed by atoms with Crippen LogP contribution in [0.1, 0.15) is 48.4 Å². The van der Waals surface area contributed by atoms with E-state index in [1.807, 2.05) is 0 Å². The maximum absolute atomic E-state index is 12.8. The average molecular weight is 343 g/mol. The van der Waals surface area contributed by atoms with Gasteiger partial charge in [-0.05, 0) is 68.5 Å². The van der Waals surface area contributed by atoms with E-state index in [-0.39, 0.29) is 24.1 Å². The fourth-order valence-corrected chi connectivity index (χ4v) is 2.82. The summed E-state index contributed by atoms with van der Waals surface area (Å²) in [4.78, 5) is 12.1. The van der Waals surface area contributed by atoms with Gasteiger partial charge >= 0.3 is 0 Å². The number of hydrogen-bond donors (Lipinski definition) is 1. The highest BCUT2D eigenvalue weighted by Crippen LogP contribution is 2.19. The molecule has 1 aliphatic carbocycles. The summed E-state index contributed by atoms with van der Waals surface area (Å²) in [6.07, 6.45) is 7.99. The maximum atomic E-state index is 12.8. The van der Waals surface area contributed by atoms with Gasteiger partial charge in [0.05, 0.1) is 0 Å². The summed E-state index contributed by atoms with van der Waals surface area (Å²) < 4.78 is 23.8. The van der Waals surface area contributed by atoms with Crippen LogP contribution >= 0.6 is 0 Å². The normalized spacial score (nSPS) is 14.0. The topological polar surface area (TPSA) is 51.5 Å². The highest BCUT2D eigenvalue weighted by molar-refractivity contribution is 5.91. The molecule has 0 saturated heterocycles. The van der Waals surface area contributed by atoms with Gasteiger partial charge in [0.25, 0.3) is 5.91 Å². The first-order valence-corrected chi connectivity index (χ1v) is 8.64. The minimum atomic E-state index is -0.312. The second-order valence-electron chi connectivity index (χ2n) is 6.12. The Hall–Kier alpha value is -2.56. The predicted molar refractivity (Wildman–Crippen MR) is 92.9 cm³/mol. The smallest absolute Gasteiger partial charge is 0.287 e. The van der Waals surface area contributed by atoms with Crippen molar-refractivity contribution in [2.75, 3.05) is 6.54 Å². The van der Waals surface area contributed by atoms with Gasteiger partial charge in [0.2, 0.25) is 0 Å². The molecular weight excluding hydrogens is 321 g/mol. The zero-order valence-corrected chi connectivity index (χ0v) is 14.1. The summed E-state index contributed by atoms with van der Waals surface area (Å²) in [5.41, 5.74) is 1.43. The summed E-state index contributed by atoms with van der Waals surface area (Å²) >= 11 is 0. The average Bonchev–Trinajstić information content (AvgIpc) is 3.11. The van der Waals surface area contributed by atoms with Crippen molar-refractivity contribution < 1.29 is 18.3 Å². The molecule has 1 aliphatic rings. The lowest BCUT2D eigenvalue weighted by molar-refractivity contribution is 0.0922. The van der Waals surface area contributed by atoms with Gasteiger partial charge in [-0.2, -0.15) is 0 Å². The molecule has 1 heterocycles. The molecule has 3 rings (SSSR count). The van der Waals surface area contributed by atoms with Gasteiger partial charge in [0.1, 0.15) is 23.9 Å². The molecule has 0 radical (unpaired) electrons. The van der Waals surface area contributed by atoms with Crippen molar-refractivity contribution in [3.63, 3.8) is 0 Å².